The number of piperidine rings is 1. The lowest BCUT2D eigenvalue weighted by Crippen LogP contribution is -2.33. The monoisotopic (exact) mass is 484 g/mol. The Hall–Kier alpha value is -3.76. The van der Waals surface area contributed by atoms with Gasteiger partial charge in [0.05, 0.1) is 12.7 Å². The molecule has 3 N–H and O–H groups in total. The van der Waals surface area contributed by atoms with E-state index in [2.05, 4.69) is 15.5 Å². The van der Waals surface area contributed by atoms with Gasteiger partial charge in [-0.2, -0.15) is 5.10 Å². The first-order valence-electron chi connectivity index (χ1n) is 11.8. The van der Waals surface area contributed by atoms with Crippen molar-refractivity contribution in [3.05, 3.63) is 29.5 Å². The lowest BCUT2D eigenvalue weighted by Gasteiger charge is -2.20. The van der Waals surface area contributed by atoms with Crippen molar-refractivity contribution >= 4 is 24.1 Å². The largest absolute Gasteiger partial charge is 0.507 e. The van der Waals surface area contributed by atoms with Crippen LogP contribution in [0.4, 0.5) is 10.6 Å². The summed E-state index contributed by atoms with van der Waals surface area (Å²) >= 11 is 0. The number of carbonyl (C=O) groups excluding carboxylic acids is 3. The third kappa shape index (κ3) is 4.89. The maximum atomic E-state index is 12.4. The van der Waals surface area contributed by atoms with E-state index >= 15 is 0 Å². The molecule has 3 fully saturated rings. The zero-order chi connectivity index (χ0) is 24.5. The van der Waals surface area contributed by atoms with Gasteiger partial charge in [0.15, 0.2) is 18.7 Å². The molecule has 1 aromatic heterocycles. The van der Waals surface area contributed by atoms with Gasteiger partial charge >= 0.3 is 6.09 Å². The van der Waals surface area contributed by atoms with Crippen LogP contribution in [0.25, 0.3) is 0 Å². The molecule has 35 heavy (non-hydrogen) atoms. The highest BCUT2D eigenvalue weighted by molar-refractivity contribution is 5.91. The third-order valence-corrected chi connectivity index (χ3v) is 7.02. The number of H-pyrrole nitrogens is 1. The van der Waals surface area contributed by atoms with Crippen LogP contribution in [-0.4, -0.2) is 70.9 Å². The minimum absolute atomic E-state index is 0.0346. The molecule has 0 radical (unpaired) electrons. The number of anilines is 1. The predicted octanol–water partition coefficient (Wildman–Crippen LogP) is 2.82. The Morgan fingerprint density at radius 1 is 1.26 bits per heavy atom. The number of fused-ring (bicyclic) bond motifs is 1. The zero-order valence-electron chi connectivity index (χ0n) is 19.4. The second kappa shape index (κ2) is 9.47. The topological polar surface area (TPSA) is 143 Å². The van der Waals surface area contributed by atoms with E-state index in [-0.39, 0.29) is 40.9 Å². The standard InChI is InChI=1S/C24H28N4O7/c1-33-16-8-20(30)17(11-29)21(9-16)34-12-23(31)25-22-10-18(26-27-22)13-2-3-15(6-13)35-24(32)28-5-4-14-7-19(14)28/h8-11,13-15,19,30H,2-7,12H2,1H3,(H2,25,26,27,31)/t13-,14+,15+,19-/m0/s1. The molecule has 2 saturated carbocycles. The predicted molar refractivity (Wildman–Crippen MR) is 123 cm³/mol. The normalized spacial score (nSPS) is 24.5. The number of likely N-dealkylation sites (tertiary alicyclic amines) is 1. The van der Waals surface area contributed by atoms with Gasteiger partial charge in [0.1, 0.15) is 23.4 Å². The molecule has 2 aliphatic carbocycles. The fourth-order valence-corrected chi connectivity index (χ4v) is 5.04. The number of aromatic hydroxyl groups is 1. The van der Waals surface area contributed by atoms with Crippen LogP contribution in [0.2, 0.25) is 0 Å². The summed E-state index contributed by atoms with van der Waals surface area (Å²) in [5.74, 6) is 0.719. The highest BCUT2D eigenvalue weighted by Crippen LogP contribution is 2.45. The molecule has 0 bridgehead atoms. The van der Waals surface area contributed by atoms with E-state index in [0.717, 1.165) is 37.9 Å². The Balaban J connectivity index is 1.11. The maximum absolute atomic E-state index is 12.4. The number of carbonyl (C=O) groups is 3. The van der Waals surface area contributed by atoms with Crippen LogP contribution in [0.5, 0.6) is 17.2 Å². The first kappa shape index (κ1) is 23.0. The number of aromatic amines is 1. The number of phenolic OH excluding ortho intramolecular Hbond substituents is 1. The molecule has 3 aliphatic rings. The van der Waals surface area contributed by atoms with Gasteiger partial charge in [-0.3, -0.25) is 14.7 Å². The number of rotatable bonds is 8. The number of phenols is 1. The van der Waals surface area contributed by atoms with Crippen LogP contribution in [0, 0.1) is 5.92 Å². The Kier molecular flexibility index (Phi) is 6.23. The molecule has 0 spiro atoms. The summed E-state index contributed by atoms with van der Waals surface area (Å²) in [6.45, 7) is 0.405. The molecular formula is C24H28N4O7. The summed E-state index contributed by atoms with van der Waals surface area (Å²) in [6.07, 6.45) is 4.68. The molecule has 1 aliphatic heterocycles. The van der Waals surface area contributed by atoms with E-state index in [9.17, 15) is 19.5 Å². The van der Waals surface area contributed by atoms with Gasteiger partial charge < -0.3 is 29.5 Å². The van der Waals surface area contributed by atoms with Gasteiger partial charge in [-0.15, -0.1) is 0 Å². The number of hydrogen-bond acceptors (Lipinski definition) is 8. The molecule has 186 valence electrons. The Morgan fingerprint density at radius 3 is 2.83 bits per heavy atom. The second-order valence-electron chi connectivity index (χ2n) is 9.28. The van der Waals surface area contributed by atoms with E-state index in [1.807, 2.05) is 4.90 Å². The first-order valence-corrected chi connectivity index (χ1v) is 11.8. The zero-order valence-corrected chi connectivity index (χ0v) is 19.4. The molecule has 0 unspecified atom stereocenters. The molecule has 2 amide bonds. The molecule has 1 aromatic carbocycles. The lowest BCUT2D eigenvalue weighted by molar-refractivity contribution is -0.118. The highest BCUT2D eigenvalue weighted by atomic mass is 16.6. The van der Waals surface area contributed by atoms with Crippen molar-refractivity contribution in [2.24, 2.45) is 5.92 Å². The molecule has 2 aromatic rings. The average Bonchev–Trinajstić information content (AvgIpc) is 3.20. The number of benzene rings is 1. The third-order valence-electron chi connectivity index (χ3n) is 7.02. The number of nitrogens with one attached hydrogen (secondary N) is 2. The van der Waals surface area contributed by atoms with Crippen LogP contribution in [0.3, 0.4) is 0 Å². The van der Waals surface area contributed by atoms with Gasteiger partial charge in [0, 0.05) is 42.4 Å². The van der Waals surface area contributed by atoms with Crippen LogP contribution in [-0.2, 0) is 9.53 Å². The number of nitrogens with zero attached hydrogens (tertiary/aromatic N) is 2. The number of aldehydes is 1. The van der Waals surface area contributed by atoms with Crippen molar-refractivity contribution in [3.63, 3.8) is 0 Å². The van der Waals surface area contributed by atoms with E-state index in [1.165, 1.54) is 19.2 Å². The van der Waals surface area contributed by atoms with E-state index in [4.69, 9.17) is 14.2 Å². The maximum Gasteiger partial charge on any atom is 0.410 e. The molecule has 4 atom stereocenters. The Morgan fingerprint density at radius 2 is 2.11 bits per heavy atom. The Bertz CT molecular complexity index is 1130. The van der Waals surface area contributed by atoms with E-state index < -0.39 is 12.5 Å². The minimum Gasteiger partial charge on any atom is -0.507 e. The average molecular weight is 485 g/mol. The molecule has 1 saturated heterocycles. The van der Waals surface area contributed by atoms with Crippen molar-refractivity contribution in [2.75, 3.05) is 25.6 Å². The van der Waals surface area contributed by atoms with E-state index in [0.29, 0.717) is 30.5 Å². The fourth-order valence-electron chi connectivity index (χ4n) is 5.04. The quantitative estimate of drug-likeness (QED) is 0.486. The van der Waals surface area contributed by atoms with E-state index in [1.54, 1.807) is 6.07 Å². The fraction of sp³-hybridized carbons (Fsp3) is 0.500. The second-order valence-corrected chi connectivity index (χ2v) is 9.28. The van der Waals surface area contributed by atoms with Gasteiger partial charge in [0.25, 0.3) is 5.91 Å². The molecule has 11 heteroatoms. The number of aromatic nitrogens is 2. The number of hydrogen-bond donors (Lipinski definition) is 3. The van der Waals surface area contributed by atoms with Crippen molar-refractivity contribution < 1.29 is 33.7 Å². The number of methoxy groups -OCH3 is 1. The van der Waals surface area contributed by atoms with Crippen molar-refractivity contribution in [2.45, 2.75) is 50.2 Å². The van der Waals surface area contributed by atoms with Gasteiger partial charge in [-0.1, -0.05) is 0 Å². The number of amides is 2. The van der Waals surface area contributed by atoms with Crippen molar-refractivity contribution in [1.29, 1.82) is 0 Å². The Labute approximate surface area is 201 Å². The summed E-state index contributed by atoms with van der Waals surface area (Å²) in [5.41, 5.74) is 0.794. The molecule has 2 heterocycles. The first-order chi connectivity index (χ1) is 16.9. The van der Waals surface area contributed by atoms with Crippen molar-refractivity contribution in [3.8, 4) is 17.2 Å². The van der Waals surface area contributed by atoms with Crippen LogP contribution >= 0.6 is 0 Å². The summed E-state index contributed by atoms with van der Waals surface area (Å²) < 4.78 is 16.2. The summed E-state index contributed by atoms with van der Waals surface area (Å²) in [5, 5.41) is 19.7. The van der Waals surface area contributed by atoms with Crippen LogP contribution in [0.1, 0.15) is 54.1 Å². The minimum atomic E-state index is -0.482. The lowest BCUT2D eigenvalue weighted by atomic mass is 10.0. The van der Waals surface area contributed by atoms with Gasteiger partial charge in [-0.25, -0.2) is 4.79 Å². The van der Waals surface area contributed by atoms with Gasteiger partial charge in [-0.05, 0) is 38.0 Å². The summed E-state index contributed by atoms with van der Waals surface area (Å²) in [4.78, 5) is 37.9. The van der Waals surface area contributed by atoms with Crippen LogP contribution < -0.4 is 14.8 Å². The molecule has 5 rings (SSSR count). The summed E-state index contributed by atoms with van der Waals surface area (Å²) in [6, 6.07) is 4.85. The van der Waals surface area contributed by atoms with Crippen molar-refractivity contribution in [1.82, 2.24) is 15.1 Å². The SMILES string of the molecule is COc1cc(O)c(C=O)c(OCC(=O)Nc2cc([C@H]3CC[C@@H](OC(=O)N4CC[C@@H]5C[C@@H]54)C3)[nH]n2)c1. The van der Waals surface area contributed by atoms with Gasteiger partial charge in [0.2, 0.25) is 0 Å². The highest BCUT2D eigenvalue weighted by Gasteiger charge is 2.50. The number of ether oxygens (including phenoxy) is 3. The molecule has 11 nitrogen and oxygen atoms in total. The van der Waals surface area contributed by atoms with Crippen LogP contribution in [0.15, 0.2) is 18.2 Å². The smallest absolute Gasteiger partial charge is 0.410 e. The summed E-state index contributed by atoms with van der Waals surface area (Å²) in [7, 11) is 1.41. The molecular weight excluding hydrogens is 456 g/mol.